The minimum atomic E-state index is -0.267. The van der Waals surface area contributed by atoms with Crippen molar-refractivity contribution in [3.8, 4) is 0 Å². The largest absolute Gasteiger partial charge is 0.367 e. The fraction of sp³-hybridized carbons (Fsp3) is 0.300. The quantitative estimate of drug-likeness (QED) is 0.720. The summed E-state index contributed by atoms with van der Waals surface area (Å²) in [5.74, 6) is 0.750. The van der Waals surface area contributed by atoms with E-state index in [4.69, 9.17) is 0 Å². The number of fused-ring (bicyclic) bond motifs is 1. The minimum Gasteiger partial charge on any atom is -0.367 e. The maximum Gasteiger partial charge on any atom is 0.348 e. The van der Waals surface area contributed by atoms with Gasteiger partial charge in [0.25, 0.3) is 0 Å². The number of rotatable bonds is 2. The Morgan fingerprint density at radius 2 is 2.25 bits per heavy atom. The Kier molecular flexibility index (Phi) is 1.99. The van der Waals surface area contributed by atoms with E-state index in [0.717, 1.165) is 18.7 Å². The first-order valence-electron chi connectivity index (χ1n) is 5.17. The monoisotopic (exact) mass is 217 g/mol. The van der Waals surface area contributed by atoms with Gasteiger partial charge in [-0.3, -0.25) is 0 Å². The van der Waals surface area contributed by atoms with Gasteiger partial charge < -0.3 is 5.32 Å². The third kappa shape index (κ3) is 1.48. The van der Waals surface area contributed by atoms with Gasteiger partial charge in [-0.05, 0) is 12.8 Å². The second-order valence-corrected chi connectivity index (χ2v) is 3.82. The van der Waals surface area contributed by atoms with Crippen molar-refractivity contribution in [2.24, 2.45) is 0 Å². The van der Waals surface area contributed by atoms with Gasteiger partial charge in [0.15, 0.2) is 5.65 Å². The molecule has 0 bridgehead atoms. The topological polar surface area (TPSA) is 75.1 Å². The molecule has 0 atom stereocenters. The van der Waals surface area contributed by atoms with Crippen molar-refractivity contribution in [3.05, 3.63) is 35.0 Å². The standard InChI is InChI=1S/C10H11N5O/c16-10-14-13-9-5-8(11-6-15(9)10)12-7-3-1-2-4-7/h1-2,5-7,12H,3-4H2,(H,14,16). The average Bonchev–Trinajstić information content (AvgIpc) is 2.90. The van der Waals surface area contributed by atoms with E-state index in [2.05, 4.69) is 32.7 Å². The van der Waals surface area contributed by atoms with Gasteiger partial charge in [0.1, 0.15) is 12.1 Å². The van der Waals surface area contributed by atoms with Crippen LogP contribution in [0.2, 0.25) is 0 Å². The summed E-state index contributed by atoms with van der Waals surface area (Å²) in [6.45, 7) is 0. The summed E-state index contributed by atoms with van der Waals surface area (Å²) in [7, 11) is 0. The predicted molar refractivity (Wildman–Crippen MR) is 59.4 cm³/mol. The summed E-state index contributed by atoms with van der Waals surface area (Å²) in [6, 6.07) is 2.16. The highest BCUT2D eigenvalue weighted by atomic mass is 16.1. The highest BCUT2D eigenvalue weighted by Gasteiger charge is 2.11. The third-order valence-corrected chi connectivity index (χ3v) is 2.67. The summed E-state index contributed by atoms with van der Waals surface area (Å²) in [5, 5.41) is 9.56. The molecule has 0 radical (unpaired) electrons. The second-order valence-electron chi connectivity index (χ2n) is 3.82. The molecule has 2 aromatic rings. The van der Waals surface area contributed by atoms with E-state index in [1.54, 1.807) is 6.07 Å². The Bertz CT molecular complexity index is 589. The average molecular weight is 217 g/mol. The minimum absolute atomic E-state index is 0.267. The molecule has 2 N–H and O–H groups in total. The van der Waals surface area contributed by atoms with Gasteiger partial charge in [0.05, 0.1) is 0 Å². The van der Waals surface area contributed by atoms with Crippen molar-refractivity contribution in [2.45, 2.75) is 18.9 Å². The number of hydrogen-bond donors (Lipinski definition) is 2. The van der Waals surface area contributed by atoms with Crippen molar-refractivity contribution in [1.29, 1.82) is 0 Å². The van der Waals surface area contributed by atoms with Crippen LogP contribution >= 0.6 is 0 Å². The number of hydrogen-bond acceptors (Lipinski definition) is 4. The van der Waals surface area contributed by atoms with Gasteiger partial charge in [-0.15, -0.1) is 0 Å². The van der Waals surface area contributed by atoms with Crippen LogP contribution in [0.4, 0.5) is 5.82 Å². The molecule has 0 fully saturated rings. The van der Waals surface area contributed by atoms with E-state index in [0.29, 0.717) is 11.7 Å². The Hall–Kier alpha value is -2.11. The zero-order valence-electron chi connectivity index (χ0n) is 8.55. The second kappa shape index (κ2) is 3.48. The number of anilines is 1. The molecule has 0 amide bonds. The van der Waals surface area contributed by atoms with Crippen molar-refractivity contribution in [1.82, 2.24) is 19.6 Å². The first-order chi connectivity index (χ1) is 7.83. The zero-order valence-corrected chi connectivity index (χ0v) is 8.55. The lowest BCUT2D eigenvalue weighted by Crippen LogP contribution is -2.17. The van der Waals surface area contributed by atoms with Gasteiger partial charge in [-0.1, -0.05) is 12.2 Å². The molecule has 0 spiro atoms. The lowest BCUT2D eigenvalue weighted by atomic mass is 10.2. The van der Waals surface area contributed by atoms with Crippen LogP contribution in [0, 0.1) is 0 Å². The lowest BCUT2D eigenvalue weighted by molar-refractivity contribution is 0.779. The van der Waals surface area contributed by atoms with Crippen LogP contribution in [0.3, 0.4) is 0 Å². The van der Waals surface area contributed by atoms with Crippen LogP contribution in [-0.2, 0) is 0 Å². The number of aromatic amines is 1. The molecule has 1 aliphatic carbocycles. The first kappa shape index (κ1) is 9.14. The van der Waals surface area contributed by atoms with Gasteiger partial charge in [0.2, 0.25) is 0 Å². The molecular weight excluding hydrogens is 206 g/mol. The van der Waals surface area contributed by atoms with Gasteiger partial charge >= 0.3 is 5.69 Å². The maximum atomic E-state index is 11.2. The smallest absolute Gasteiger partial charge is 0.348 e. The summed E-state index contributed by atoms with van der Waals surface area (Å²) in [5.41, 5.74) is 0.310. The molecule has 16 heavy (non-hydrogen) atoms. The molecule has 0 unspecified atom stereocenters. The first-order valence-corrected chi connectivity index (χ1v) is 5.17. The Morgan fingerprint density at radius 1 is 1.44 bits per heavy atom. The normalized spacial score (nSPS) is 16.0. The van der Waals surface area contributed by atoms with Crippen LogP contribution in [0.5, 0.6) is 0 Å². The van der Waals surface area contributed by atoms with Crippen LogP contribution in [0.15, 0.2) is 29.3 Å². The van der Waals surface area contributed by atoms with Crippen molar-refractivity contribution in [3.63, 3.8) is 0 Å². The highest BCUT2D eigenvalue weighted by molar-refractivity contribution is 5.49. The number of aromatic nitrogens is 4. The Balaban J connectivity index is 1.90. The predicted octanol–water partition coefficient (Wildman–Crippen LogP) is 0.548. The fourth-order valence-corrected chi connectivity index (χ4v) is 1.83. The molecule has 2 aromatic heterocycles. The SMILES string of the molecule is O=c1[nH]nc2cc(NC3CC=CC3)ncn12. The van der Waals surface area contributed by atoms with E-state index < -0.39 is 0 Å². The molecule has 6 nitrogen and oxygen atoms in total. The zero-order chi connectivity index (χ0) is 11.0. The number of nitrogens with one attached hydrogen (secondary N) is 2. The summed E-state index contributed by atoms with van der Waals surface area (Å²) in [6.07, 6.45) is 7.80. The fourth-order valence-electron chi connectivity index (χ4n) is 1.83. The van der Waals surface area contributed by atoms with E-state index in [1.165, 1.54) is 10.7 Å². The molecule has 0 saturated carbocycles. The highest BCUT2D eigenvalue weighted by Crippen LogP contribution is 2.15. The van der Waals surface area contributed by atoms with E-state index in [9.17, 15) is 4.79 Å². The molecule has 6 heteroatoms. The number of H-pyrrole nitrogens is 1. The molecular formula is C10H11N5O. The Labute approximate surface area is 91.0 Å². The molecule has 3 rings (SSSR count). The molecule has 0 aromatic carbocycles. The van der Waals surface area contributed by atoms with Crippen LogP contribution in [0.25, 0.3) is 5.65 Å². The van der Waals surface area contributed by atoms with Crippen LogP contribution in [0.1, 0.15) is 12.8 Å². The van der Waals surface area contributed by atoms with E-state index in [-0.39, 0.29) is 5.69 Å². The van der Waals surface area contributed by atoms with Gasteiger partial charge in [-0.2, -0.15) is 5.10 Å². The van der Waals surface area contributed by atoms with E-state index >= 15 is 0 Å². The molecule has 0 aliphatic heterocycles. The summed E-state index contributed by atoms with van der Waals surface area (Å²) < 4.78 is 1.37. The lowest BCUT2D eigenvalue weighted by Gasteiger charge is -2.11. The molecule has 0 saturated heterocycles. The van der Waals surface area contributed by atoms with Gasteiger partial charge in [-0.25, -0.2) is 19.3 Å². The van der Waals surface area contributed by atoms with E-state index in [1.807, 2.05) is 0 Å². The molecule has 82 valence electrons. The van der Waals surface area contributed by atoms with Crippen molar-refractivity contribution >= 4 is 11.5 Å². The third-order valence-electron chi connectivity index (χ3n) is 2.67. The molecule has 2 heterocycles. The number of nitrogens with zero attached hydrogens (tertiary/aromatic N) is 3. The van der Waals surface area contributed by atoms with Crippen molar-refractivity contribution < 1.29 is 0 Å². The Morgan fingerprint density at radius 3 is 3.06 bits per heavy atom. The summed E-state index contributed by atoms with van der Waals surface area (Å²) >= 11 is 0. The molecule has 1 aliphatic rings. The van der Waals surface area contributed by atoms with Crippen LogP contribution in [-0.4, -0.2) is 25.6 Å². The van der Waals surface area contributed by atoms with Crippen LogP contribution < -0.4 is 11.0 Å². The van der Waals surface area contributed by atoms with Crippen molar-refractivity contribution in [2.75, 3.05) is 5.32 Å². The maximum absolute atomic E-state index is 11.2. The van der Waals surface area contributed by atoms with Gasteiger partial charge in [0, 0.05) is 12.1 Å². The summed E-state index contributed by atoms with van der Waals surface area (Å²) in [4.78, 5) is 15.4.